The zero-order chi connectivity index (χ0) is 14.5. The van der Waals surface area contributed by atoms with E-state index in [2.05, 4.69) is 14.4 Å². The molecule has 0 unspecified atom stereocenters. The zero-order valence-electron chi connectivity index (χ0n) is 10.1. The van der Waals surface area contributed by atoms with E-state index in [-0.39, 0.29) is 19.5 Å². The number of pyridine rings is 1. The maximum Gasteiger partial charge on any atom is 0.261 e. The lowest BCUT2D eigenvalue weighted by molar-refractivity contribution is 0.543. The van der Waals surface area contributed by atoms with Gasteiger partial charge in [-0.25, -0.2) is 35.7 Å². The van der Waals surface area contributed by atoms with Crippen LogP contribution in [0.25, 0.3) is 0 Å². The summed E-state index contributed by atoms with van der Waals surface area (Å²) in [4.78, 5) is 3.45. The highest BCUT2D eigenvalue weighted by Crippen LogP contribution is 2.09. The third-order valence-corrected chi connectivity index (χ3v) is 4.11. The van der Waals surface area contributed by atoms with Crippen LogP contribution in [0.15, 0.2) is 23.4 Å². The summed E-state index contributed by atoms with van der Waals surface area (Å²) in [5.41, 5.74) is 0. The van der Waals surface area contributed by atoms with Crippen LogP contribution in [0.5, 0.6) is 0 Å². The summed E-state index contributed by atoms with van der Waals surface area (Å²) in [7, 11) is -7.32. The third-order valence-electron chi connectivity index (χ3n) is 1.99. The normalized spacial score (nSPS) is 12.5. The van der Waals surface area contributed by atoms with E-state index in [9.17, 15) is 21.2 Å². The second kappa shape index (κ2) is 6.37. The van der Waals surface area contributed by atoms with Crippen LogP contribution in [0.1, 0.15) is 6.42 Å². The summed E-state index contributed by atoms with van der Waals surface area (Å²) in [5.74, 6) is -0.940. The van der Waals surface area contributed by atoms with Crippen molar-refractivity contribution in [1.82, 2.24) is 14.4 Å². The highest BCUT2D eigenvalue weighted by Gasteiger charge is 2.19. The molecule has 0 aliphatic rings. The fourth-order valence-electron chi connectivity index (χ4n) is 1.19. The first-order valence-corrected chi connectivity index (χ1v) is 8.65. The van der Waals surface area contributed by atoms with Gasteiger partial charge in [0.25, 0.3) is 10.0 Å². The maximum absolute atomic E-state index is 13.2. The molecule has 2 N–H and O–H groups in total. The number of aromatic nitrogens is 1. The Kier molecular flexibility index (Phi) is 5.35. The van der Waals surface area contributed by atoms with E-state index in [1.807, 2.05) is 0 Å². The molecule has 0 radical (unpaired) electrons. The summed E-state index contributed by atoms with van der Waals surface area (Å²) in [6, 6.07) is 2.27. The van der Waals surface area contributed by atoms with Crippen molar-refractivity contribution in [3.05, 3.63) is 24.1 Å². The molecule has 0 fully saturated rings. The molecule has 7 nitrogen and oxygen atoms in total. The van der Waals surface area contributed by atoms with E-state index in [0.29, 0.717) is 0 Å². The number of nitrogens with zero attached hydrogens (tertiary/aromatic N) is 1. The second-order valence-corrected chi connectivity index (χ2v) is 7.22. The molecule has 108 valence electrons. The summed E-state index contributed by atoms with van der Waals surface area (Å²) < 4.78 is 62.4. The lowest BCUT2D eigenvalue weighted by atomic mass is 10.4. The molecule has 0 aliphatic heterocycles. The largest absolute Gasteiger partial charge is 0.261 e. The average molecular weight is 311 g/mol. The molecule has 10 heteroatoms. The molecule has 0 aromatic carbocycles. The van der Waals surface area contributed by atoms with Gasteiger partial charge in [-0.1, -0.05) is 0 Å². The average Bonchev–Trinajstić information content (AvgIpc) is 2.27. The van der Waals surface area contributed by atoms with Crippen LogP contribution in [0.4, 0.5) is 4.39 Å². The minimum atomic E-state index is -4.02. The van der Waals surface area contributed by atoms with Gasteiger partial charge >= 0.3 is 0 Å². The van der Waals surface area contributed by atoms with Crippen LogP contribution in [0.2, 0.25) is 0 Å². The van der Waals surface area contributed by atoms with Gasteiger partial charge in [-0.2, -0.15) is 0 Å². The molecule has 1 aromatic rings. The molecular weight excluding hydrogens is 297 g/mol. The van der Waals surface area contributed by atoms with E-state index in [0.717, 1.165) is 12.3 Å². The fraction of sp³-hybridized carbons (Fsp3) is 0.444. The van der Waals surface area contributed by atoms with Crippen molar-refractivity contribution in [1.29, 1.82) is 0 Å². The molecule has 0 aliphatic carbocycles. The lowest BCUT2D eigenvalue weighted by Crippen LogP contribution is -2.30. The first-order chi connectivity index (χ1) is 8.72. The van der Waals surface area contributed by atoms with Gasteiger partial charge in [0.2, 0.25) is 15.0 Å². The monoisotopic (exact) mass is 311 g/mol. The Hall–Kier alpha value is -1.10. The van der Waals surface area contributed by atoms with Crippen molar-refractivity contribution < 1.29 is 21.2 Å². The quantitative estimate of drug-likeness (QED) is 0.657. The highest BCUT2D eigenvalue weighted by molar-refractivity contribution is 7.89. The molecule has 0 atom stereocenters. The van der Waals surface area contributed by atoms with Gasteiger partial charge in [-0.15, -0.1) is 0 Å². The predicted octanol–water partition coefficient (Wildman–Crippen LogP) is -0.562. The first kappa shape index (κ1) is 16.0. The number of hydrogen-bond donors (Lipinski definition) is 2. The number of rotatable bonds is 7. The number of halogens is 1. The molecule has 0 bridgehead atoms. The zero-order valence-corrected chi connectivity index (χ0v) is 11.8. The van der Waals surface area contributed by atoms with E-state index in [1.165, 1.54) is 12.3 Å². The smallest absolute Gasteiger partial charge is 0.241 e. The van der Waals surface area contributed by atoms with Gasteiger partial charge < -0.3 is 0 Å². The Labute approximate surface area is 111 Å². The molecule has 0 spiro atoms. The summed E-state index contributed by atoms with van der Waals surface area (Å²) in [6.45, 7) is 0.0624. The number of sulfonamides is 2. The van der Waals surface area contributed by atoms with Crippen molar-refractivity contribution in [2.45, 2.75) is 11.4 Å². The van der Waals surface area contributed by atoms with Gasteiger partial charge in [0, 0.05) is 19.3 Å². The van der Waals surface area contributed by atoms with Gasteiger partial charge in [0.1, 0.15) is 0 Å². The topological polar surface area (TPSA) is 105 Å². The van der Waals surface area contributed by atoms with Crippen LogP contribution < -0.4 is 9.44 Å². The molecule has 0 saturated carbocycles. The molecule has 0 saturated heterocycles. The molecule has 1 aromatic heterocycles. The van der Waals surface area contributed by atoms with E-state index >= 15 is 0 Å². The molecule has 19 heavy (non-hydrogen) atoms. The molecule has 1 heterocycles. The predicted molar refractivity (Wildman–Crippen MR) is 66.8 cm³/mol. The molecular formula is C9H14FN3O4S2. The third kappa shape index (κ3) is 5.59. The number of nitrogens with one attached hydrogen (secondary N) is 2. The second-order valence-electron chi connectivity index (χ2n) is 3.71. The van der Waals surface area contributed by atoms with Crippen LogP contribution in [-0.4, -0.2) is 41.2 Å². The van der Waals surface area contributed by atoms with E-state index < -0.39 is 30.9 Å². The van der Waals surface area contributed by atoms with Gasteiger partial charge in [0.15, 0.2) is 5.82 Å². The highest BCUT2D eigenvalue weighted by atomic mass is 32.2. The Balaban J connectivity index is 2.51. The fourth-order valence-corrected chi connectivity index (χ4v) is 2.78. The Morgan fingerprint density at radius 2 is 1.84 bits per heavy atom. The van der Waals surface area contributed by atoms with Gasteiger partial charge in [-0.3, -0.25) is 0 Å². The summed E-state index contributed by atoms with van der Waals surface area (Å²) >= 11 is 0. The van der Waals surface area contributed by atoms with Gasteiger partial charge in [0.05, 0.1) is 6.26 Å². The van der Waals surface area contributed by atoms with Crippen molar-refractivity contribution in [2.24, 2.45) is 0 Å². The Morgan fingerprint density at radius 3 is 2.42 bits per heavy atom. The van der Waals surface area contributed by atoms with Gasteiger partial charge in [-0.05, 0) is 18.6 Å². The van der Waals surface area contributed by atoms with E-state index in [4.69, 9.17) is 0 Å². The molecule has 1 rings (SSSR count). The molecule has 0 amide bonds. The Bertz CT molecular complexity index is 631. The van der Waals surface area contributed by atoms with Crippen molar-refractivity contribution in [3.63, 3.8) is 0 Å². The first-order valence-electron chi connectivity index (χ1n) is 5.27. The summed E-state index contributed by atoms with van der Waals surface area (Å²) in [5, 5.41) is -0.675. The van der Waals surface area contributed by atoms with Crippen molar-refractivity contribution in [2.75, 3.05) is 19.3 Å². The van der Waals surface area contributed by atoms with Crippen LogP contribution in [0.3, 0.4) is 0 Å². The van der Waals surface area contributed by atoms with Crippen molar-refractivity contribution in [3.8, 4) is 0 Å². The van der Waals surface area contributed by atoms with Crippen LogP contribution >= 0.6 is 0 Å². The SMILES string of the molecule is CS(=O)(=O)NCCCNS(=O)(=O)c1ncccc1F. The maximum atomic E-state index is 13.2. The lowest BCUT2D eigenvalue weighted by Gasteiger charge is -2.06. The minimum Gasteiger partial charge on any atom is -0.241 e. The summed E-state index contributed by atoms with van der Waals surface area (Å²) in [6.07, 6.45) is 2.41. The standard InChI is InChI=1S/C9H14FN3O4S2/c1-18(14,15)12-6-3-7-13-19(16,17)9-8(10)4-2-5-11-9/h2,4-5,12-13H,3,6-7H2,1H3. The Morgan fingerprint density at radius 1 is 1.21 bits per heavy atom. The number of hydrogen-bond acceptors (Lipinski definition) is 5. The van der Waals surface area contributed by atoms with E-state index in [1.54, 1.807) is 0 Å². The van der Waals surface area contributed by atoms with Crippen LogP contribution in [0, 0.1) is 5.82 Å². The minimum absolute atomic E-state index is 0.0269. The van der Waals surface area contributed by atoms with Crippen LogP contribution in [-0.2, 0) is 20.0 Å². The van der Waals surface area contributed by atoms with Crippen molar-refractivity contribution >= 4 is 20.0 Å².